The Morgan fingerprint density at radius 3 is 3.11 bits per heavy atom. The van der Waals surface area contributed by atoms with E-state index in [0.717, 1.165) is 11.5 Å². The smallest absolute Gasteiger partial charge is 0.103 e. The van der Waals surface area contributed by atoms with Crippen molar-refractivity contribution in [2.45, 2.75) is 13.3 Å². The lowest BCUT2D eigenvalue weighted by Gasteiger charge is -1.82. The molecule has 2 heteroatoms. The second kappa shape index (κ2) is 2.36. The van der Waals surface area contributed by atoms with Gasteiger partial charge in [-0.15, -0.1) is 12.3 Å². The van der Waals surface area contributed by atoms with Crippen molar-refractivity contribution < 1.29 is 0 Å². The first-order valence-corrected chi connectivity index (χ1v) is 2.77. The molecule has 1 N–H and O–H groups in total. The van der Waals surface area contributed by atoms with E-state index in [4.69, 9.17) is 6.42 Å². The van der Waals surface area contributed by atoms with Crippen molar-refractivity contribution in [1.82, 2.24) is 9.97 Å². The summed E-state index contributed by atoms with van der Waals surface area (Å²) >= 11 is 0. The molecule has 0 spiro atoms. The average molecular weight is 120 g/mol. The van der Waals surface area contributed by atoms with E-state index in [1.165, 1.54) is 0 Å². The third kappa shape index (κ3) is 1.33. The monoisotopic (exact) mass is 120 g/mol. The highest BCUT2D eigenvalue weighted by molar-refractivity contribution is 5.07. The van der Waals surface area contributed by atoms with Crippen molar-refractivity contribution in [3.63, 3.8) is 0 Å². The lowest BCUT2D eigenvalue weighted by molar-refractivity contribution is 1.10. The van der Waals surface area contributed by atoms with Crippen LogP contribution in [0.25, 0.3) is 0 Å². The molecule has 0 aliphatic heterocycles. The molecule has 1 heterocycles. The van der Waals surface area contributed by atoms with Crippen molar-refractivity contribution in [2.24, 2.45) is 0 Å². The van der Waals surface area contributed by atoms with Crippen molar-refractivity contribution >= 4 is 0 Å². The van der Waals surface area contributed by atoms with Gasteiger partial charge in [0.2, 0.25) is 0 Å². The third-order valence-electron chi connectivity index (χ3n) is 1.05. The van der Waals surface area contributed by atoms with Gasteiger partial charge in [-0.05, 0) is 6.92 Å². The quantitative estimate of drug-likeness (QED) is 0.548. The third-order valence-corrected chi connectivity index (χ3v) is 1.05. The number of hydrogen-bond acceptors (Lipinski definition) is 1. The number of aromatic nitrogens is 2. The van der Waals surface area contributed by atoms with E-state index in [0.29, 0.717) is 6.42 Å². The number of rotatable bonds is 1. The van der Waals surface area contributed by atoms with Crippen LogP contribution in [0.3, 0.4) is 0 Å². The van der Waals surface area contributed by atoms with Gasteiger partial charge in [-0.2, -0.15) is 0 Å². The van der Waals surface area contributed by atoms with Gasteiger partial charge in [0.05, 0.1) is 6.42 Å². The summed E-state index contributed by atoms with van der Waals surface area (Å²) in [5.74, 6) is 3.44. The van der Waals surface area contributed by atoms with Gasteiger partial charge in [0.25, 0.3) is 0 Å². The minimum Gasteiger partial charge on any atom is -0.345 e. The molecular formula is C7H8N2. The molecule has 0 saturated carbocycles. The van der Waals surface area contributed by atoms with E-state index in [-0.39, 0.29) is 0 Å². The van der Waals surface area contributed by atoms with Gasteiger partial charge in [0.1, 0.15) is 5.82 Å². The zero-order valence-electron chi connectivity index (χ0n) is 5.31. The standard InChI is InChI=1S/C7H8N2/c1-3-4-7-5-8-6(2)9-7/h1,5H,4H2,2H3,(H,8,9). The first-order chi connectivity index (χ1) is 4.33. The number of nitrogens with one attached hydrogen (secondary N) is 1. The highest BCUT2D eigenvalue weighted by Crippen LogP contribution is 1.94. The Kier molecular flexibility index (Phi) is 1.55. The zero-order valence-corrected chi connectivity index (χ0v) is 5.31. The van der Waals surface area contributed by atoms with E-state index in [1.54, 1.807) is 6.20 Å². The van der Waals surface area contributed by atoms with Crippen molar-refractivity contribution in [3.8, 4) is 12.3 Å². The van der Waals surface area contributed by atoms with Gasteiger partial charge in [-0.1, -0.05) is 0 Å². The Labute approximate surface area is 54.3 Å². The van der Waals surface area contributed by atoms with Gasteiger partial charge < -0.3 is 4.98 Å². The Balaban J connectivity index is 2.76. The fourth-order valence-electron chi connectivity index (χ4n) is 0.671. The van der Waals surface area contributed by atoms with Crippen LogP contribution in [0.15, 0.2) is 6.20 Å². The van der Waals surface area contributed by atoms with Crippen LogP contribution in [0.2, 0.25) is 0 Å². The van der Waals surface area contributed by atoms with Gasteiger partial charge in [-0.25, -0.2) is 4.98 Å². The fourth-order valence-corrected chi connectivity index (χ4v) is 0.671. The Morgan fingerprint density at radius 1 is 1.89 bits per heavy atom. The van der Waals surface area contributed by atoms with Crippen LogP contribution >= 0.6 is 0 Å². The average Bonchev–Trinajstić information content (AvgIpc) is 2.17. The molecule has 2 nitrogen and oxygen atoms in total. The van der Waals surface area contributed by atoms with E-state index < -0.39 is 0 Å². The molecule has 1 rings (SSSR count). The summed E-state index contributed by atoms with van der Waals surface area (Å²) in [4.78, 5) is 7.01. The topological polar surface area (TPSA) is 28.7 Å². The van der Waals surface area contributed by atoms with Crippen LogP contribution in [0.4, 0.5) is 0 Å². The predicted molar refractivity (Wildman–Crippen MR) is 35.9 cm³/mol. The minimum atomic E-state index is 0.640. The van der Waals surface area contributed by atoms with Crippen molar-refractivity contribution in [3.05, 3.63) is 17.7 Å². The first-order valence-electron chi connectivity index (χ1n) is 2.77. The predicted octanol–water partition coefficient (Wildman–Crippen LogP) is 0.894. The molecule has 0 fully saturated rings. The van der Waals surface area contributed by atoms with Gasteiger partial charge >= 0.3 is 0 Å². The zero-order chi connectivity index (χ0) is 6.69. The number of aromatic amines is 1. The summed E-state index contributed by atoms with van der Waals surface area (Å²) in [6, 6.07) is 0. The number of H-pyrrole nitrogens is 1. The molecule has 0 bridgehead atoms. The van der Waals surface area contributed by atoms with Crippen LogP contribution in [-0.2, 0) is 6.42 Å². The SMILES string of the molecule is C#CCc1cnc(C)[nH]1. The molecule has 0 aliphatic rings. The van der Waals surface area contributed by atoms with Crippen molar-refractivity contribution in [1.29, 1.82) is 0 Å². The second-order valence-corrected chi connectivity index (χ2v) is 1.87. The molecule has 1 aromatic rings. The summed E-state index contributed by atoms with van der Waals surface area (Å²) in [5.41, 5.74) is 1.01. The molecule has 0 aliphatic carbocycles. The van der Waals surface area contributed by atoms with E-state index >= 15 is 0 Å². The summed E-state index contributed by atoms with van der Waals surface area (Å²) in [6.07, 6.45) is 7.47. The molecular weight excluding hydrogens is 112 g/mol. The number of imidazole rings is 1. The fraction of sp³-hybridized carbons (Fsp3) is 0.286. The number of terminal acetylenes is 1. The molecule has 9 heavy (non-hydrogen) atoms. The number of hydrogen-bond donors (Lipinski definition) is 1. The molecule has 46 valence electrons. The maximum atomic E-state index is 5.07. The molecule has 0 saturated heterocycles. The van der Waals surface area contributed by atoms with Crippen LogP contribution in [-0.4, -0.2) is 9.97 Å². The van der Waals surface area contributed by atoms with Crippen molar-refractivity contribution in [2.75, 3.05) is 0 Å². The summed E-state index contributed by atoms with van der Waals surface area (Å²) in [5, 5.41) is 0. The van der Waals surface area contributed by atoms with E-state index in [2.05, 4.69) is 15.9 Å². The van der Waals surface area contributed by atoms with E-state index in [9.17, 15) is 0 Å². The number of nitrogens with zero attached hydrogens (tertiary/aromatic N) is 1. The largest absolute Gasteiger partial charge is 0.345 e. The normalized spacial score (nSPS) is 8.89. The van der Waals surface area contributed by atoms with Crippen LogP contribution < -0.4 is 0 Å². The second-order valence-electron chi connectivity index (χ2n) is 1.87. The lowest BCUT2D eigenvalue weighted by atomic mass is 10.3. The minimum absolute atomic E-state index is 0.640. The Hall–Kier alpha value is -1.23. The van der Waals surface area contributed by atoms with Gasteiger partial charge in [0.15, 0.2) is 0 Å². The maximum Gasteiger partial charge on any atom is 0.103 e. The van der Waals surface area contributed by atoms with Gasteiger partial charge in [0, 0.05) is 11.9 Å². The molecule has 0 amide bonds. The molecule has 0 aromatic carbocycles. The van der Waals surface area contributed by atoms with Crippen LogP contribution in [0.5, 0.6) is 0 Å². The molecule has 0 atom stereocenters. The maximum absolute atomic E-state index is 5.07. The van der Waals surface area contributed by atoms with Gasteiger partial charge in [-0.3, -0.25) is 0 Å². The number of aryl methyl sites for hydroxylation is 1. The first kappa shape index (κ1) is 5.90. The Morgan fingerprint density at radius 2 is 2.67 bits per heavy atom. The summed E-state index contributed by atoms with van der Waals surface area (Å²) in [6.45, 7) is 1.90. The molecule has 0 unspecified atom stereocenters. The van der Waals surface area contributed by atoms with Crippen LogP contribution in [0, 0.1) is 19.3 Å². The highest BCUT2D eigenvalue weighted by atomic mass is 14.9. The molecule has 1 aromatic heterocycles. The Bertz CT molecular complexity index is 229. The summed E-state index contributed by atoms with van der Waals surface area (Å²) < 4.78 is 0. The van der Waals surface area contributed by atoms with E-state index in [1.807, 2.05) is 6.92 Å². The summed E-state index contributed by atoms with van der Waals surface area (Å²) in [7, 11) is 0. The highest BCUT2D eigenvalue weighted by Gasteiger charge is 1.90. The van der Waals surface area contributed by atoms with Crippen LogP contribution in [0.1, 0.15) is 11.5 Å². The molecule has 0 radical (unpaired) electrons. The lowest BCUT2D eigenvalue weighted by Crippen LogP contribution is -1.79.